The lowest BCUT2D eigenvalue weighted by molar-refractivity contribution is -0.141. The van der Waals surface area contributed by atoms with Crippen LogP contribution in [-0.4, -0.2) is 35.6 Å². The molecule has 110 valence electrons. The Morgan fingerprint density at radius 2 is 2.10 bits per heavy atom. The molecule has 0 bridgehead atoms. The summed E-state index contributed by atoms with van der Waals surface area (Å²) in [6.07, 6.45) is 3.43. The quantitative estimate of drug-likeness (QED) is 0.897. The molecule has 1 fully saturated rings. The maximum atomic E-state index is 11.0. The van der Waals surface area contributed by atoms with Crippen LogP contribution in [0.4, 0.5) is 0 Å². The number of hydrogen-bond acceptors (Lipinski definition) is 2. The smallest absolute Gasteiger partial charge is 0.307 e. The van der Waals surface area contributed by atoms with E-state index in [-0.39, 0.29) is 11.3 Å². The van der Waals surface area contributed by atoms with Gasteiger partial charge in [-0.3, -0.25) is 4.79 Å². The Morgan fingerprint density at radius 3 is 2.70 bits per heavy atom. The fourth-order valence-corrected chi connectivity index (χ4v) is 3.35. The first-order valence-electron chi connectivity index (χ1n) is 7.41. The number of benzene rings is 1. The Balaban J connectivity index is 2.00. The van der Waals surface area contributed by atoms with Crippen LogP contribution in [-0.2, 0) is 10.2 Å². The lowest BCUT2D eigenvalue weighted by Crippen LogP contribution is -2.36. The lowest BCUT2D eigenvalue weighted by Gasteiger charge is -2.29. The van der Waals surface area contributed by atoms with Crippen molar-refractivity contribution in [1.82, 2.24) is 4.90 Å². The summed E-state index contributed by atoms with van der Waals surface area (Å²) in [5.74, 6) is -1.01. The Bertz CT molecular complexity index is 459. The SMILES string of the molecule is CC(CN(C)C1CCC(C)(c2ccccc2)C1)C(=O)O. The molecule has 0 heterocycles. The Labute approximate surface area is 121 Å². The number of carbonyl (C=O) groups is 1. The molecule has 0 aromatic heterocycles. The molecular formula is C17H25NO2. The summed E-state index contributed by atoms with van der Waals surface area (Å²) in [7, 11) is 2.06. The van der Waals surface area contributed by atoms with E-state index in [4.69, 9.17) is 5.11 Å². The van der Waals surface area contributed by atoms with E-state index in [1.54, 1.807) is 6.92 Å². The van der Waals surface area contributed by atoms with E-state index in [0.717, 1.165) is 12.8 Å². The highest BCUT2D eigenvalue weighted by atomic mass is 16.4. The van der Waals surface area contributed by atoms with Crippen molar-refractivity contribution < 1.29 is 9.90 Å². The zero-order chi connectivity index (χ0) is 14.8. The van der Waals surface area contributed by atoms with E-state index in [2.05, 4.69) is 49.2 Å². The summed E-state index contributed by atoms with van der Waals surface area (Å²) in [6, 6.07) is 11.2. The van der Waals surface area contributed by atoms with Crippen LogP contribution in [0.3, 0.4) is 0 Å². The van der Waals surface area contributed by atoms with E-state index in [1.807, 2.05) is 0 Å². The summed E-state index contributed by atoms with van der Waals surface area (Å²) in [6.45, 7) is 4.74. The van der Waals surface area contributed by atoms with Gasteiger partial charge in [0.15, 0.2) is 0 Å². The average Bonchev–Trinajstić information content (AvgIpc) is 2.84. The van der Waals surface area contributed by atoms with Gasteiger partial charge in [0.05, 0.1) is 5.92 Å². The fourth-order valence-electron chi connectivity index (χ4n) is 3.35. The van der Waals surface area contributed by atoms with Crippen LogP contribution in [0, 0.1) is 5.92 Å². The van der Waals surface area contributed by atoms with E-state index < -0.39 is 5.97 Å². The number of nitrogens with zero attached hydrogens (tertiary/aromatic N) is 1. The van der Waals surface area contributed by atoms with Crippen LogP contribution < -0.4 is 0 Å². The molecule has 1 aliphatic rings. The third-order valence-corrected chi connectivity index (χ3v) is 4.79. The predicted molar refractivity (Wildman–Crippen MR) is 80.9 cm³/mol. The summed E-state index contributed by atoms with van der Waals surface area (Å²) in [4.78, 5) is 13.2. The summed E-state index contributed by atoms with van der Waals surface area (Å²) >= 11 is 0. The molecule has 3 nitrogen and oxygen atoms in total. The Hall–Kier alpha value is -1.35. The van der Waals surface area contributed by atoms with Crippen LogP contribution in [0.1, 0.15) is 38.7 Å². The molecule has 0 amide bonds. The van der Waals surface area contributed by atoms with Crippen molar-refractivity contribution in [3.63, 3.8) is 0 Å². The second kappa shape index (κ2) is 5.96. The maximum Gasteiger partial charge on any atom is 0.307 e. The minimum absolute atomic E-state index is 0.229. The highest BCUT2D eigenvalue weighted by Gasteiger charge is 2.38. The molecular weight excluding hydrogens is 250 g/mol. The number of rotatable bonds is 5. The molecule has 3 unspecified atom stereocenters. The van der Waals surface area contributed by atoms with Gasteiger partial charge in [-0.25, -0.2) is 0 Å². The first-order chi connectivity index (χ1) is 9.42. The zero-order valence-electron chi connectivity index (χ0n) is 12.7. The van der Waals surface area contributed by atoms with Crippen LogP contribution in [0.2, 0.25) is 0 Å². The van der Waals surface area contributed by atoms with E-state index in [0.29, 0.717) is 12.6 Å². The third kappa shape index (κ3) is 3.21. The van der Waals surface area contributed by atoms with Crippen molar-refractivity contribution in [3.8, 4) is 0 Å². The minimum atomic E-state index is -0.708. The van der Waals surface area contributed by atoms with Crippen molar-refractivity contribution in [2.24, 2.45) is 5.92 Å². The lowest BCUT2D eigenvalue weighted by atomic mass is 9.81. The van der Waals surface area contributed by atoms with E-state index >= 15 is 0 Å². The van der Waals surface area contributed by atoms with Gasteiger partial charge < -0.3 is 10.0 Å². The molecule has 1 aliphatic carbocycles. The number of carboxylic acids is 1. The first-order valence-corrected chi connectivity index (χ1v) is 7.41. The number of aliphatic carboxylic acids is 1. The zero-order valence-corrected chi connectivity index (χ0v) is 12.7. The fraction of sp³-hybridized carbons (Fsp3) is 0.588. The second-order valence-electron chi connectivity index (χ2n) is 6.50. The van der Waals surface area contributed by atoms with Crippen molar-refractivity contribution in [1.29, 1.82) is 0 Å². The van der Waals surface area contributed by atoms with Gasteiger partial charge in [0.25, 0.3) is 0 Å². The van der Waals surface area contributed by atoms with Gasteiger partial charge in [-0.15, -0.1) is 0 Å². The monoisotopic (exact) mass is 275 g/mol. The van der Waals surface area contributed by atoms with Gasteiger partial charge in [0.1, 0.15) is 0 Å². The molecule has 1 N–H and O–H groups in total. The molecule has 0 aliphatic heterocycles. The van der Waals surface area contributed by atoms with Crippen LogP contribution in [0.15, 0.2) is 30.3 Å². The topological polar surface area (TPSA) is 40.5 Å². The van der Waals surface area contributed by atoms with Gasteiger partial charge in [0.2, 0.25) is 0 Å². The second-order valence-corrected chi connectivity index (χ2v) is 6.50. The molecule has 0 spiro atoms. The summed E-state index contributed by atoms with van der Waals surface area (Å²) < 4.78 is 0. The van der Waals surface area contributed by atoms with Crippen molar-refractivity contribution in [3.05, 3.63) is 35.9 Å². The highest BCUT2D eigenvalue weighted by molar-refractivity contribution is 5.69. The average molecular weight is 275 g/mol. The Morgan fingerprint density at radius 1 is 1.45 bits per heavy atom. The van der Waals surface area contributed by atoms with Gasteiger partial charge in [-0.2, -0.15) is 0 Å². The highest BCUT2D eigenvalue weighted by Crippen LogP contribution is 2.42. The van der Waals surface area contributed by atoms with Crippen molar-refractivity contribution >= 4 is 5.97 Å². The molecule has 20 heavy (non-hydrogen) atoms. The summed E-state index contributed by atoms with van der Waals surface area (Å²) in [5.41, 5.74) is 1.63. The predicted octanol–water partition coefficient (Wildman–Crippen LogP) is 3.15. The molecule has 0 radical (unpaired) electrons. The molecule has 3 atom stereocenters. The third-order valence-electron chi connectivity index (χ3n) is 4.79. The van der Waals surface area contributed by atoms with Crippen LogP contribution in [0.5, 0.6) is 0 Å². The first kappa shape index (κ1) is 15.0. The van der Waals surface area contributed by atoms with Gasteiger partial charge >= 0.3 is 5.97 Å². The van der Waals surface area contributed by atoms with Gasteiger partial charge in [-0.1, -0.05) is 44.2 Å². The van der Waals surface area contributed by atoms with Gasteiger partial charge in [-0.05, 0) is 37.3 Å². The largest absolute Gasteiger partial charge is 0.481 e. The molecule has 1 aromatic rings. The van der Waals surface area contributed by atoms with Crippen molar-refractivity contribution in [2.75, 3.05) is 13.6 Å². The molecule has 1 saturated carbocycles. The number of hydrogen-bond donors (Lipinski definition) is 1. The number of carboxylic acid groups (broad SMARTS) is 1. The van der Waals surface area contributed by atoms with E-state index in [1.165, 1.54) is 12.0 Å². The summed E-state index contributed by atoms with van der Waals surface area (Å²) in [5, 5.41) is 9.03. The molecule has 0 saturated heterocycles. The molecule has 2 rings (SSSR count). The van der Waals surface area contributed by atoms with E-state index in [9.17, 15) is 4.79 Å². The minimum Gasteiger partial charge on any atom is -0.481 e. The van der Waals surface area contributed by atoms with Crippen molar-refractivity contribution in [2.45, 2.75) is 44.6 Å². The Kier molecular flexibility index (Phi) is 4.48. The molecule has 1 aromatic carbocycles. The van der Waals surface area contributed by atoms with Gasteiger partial charge in [0, 0.05) is 12.6 Å². The maximum absolute atomic E-state index is 11.0. The normalized spacial score (nSPS) is 27.7. The van der Waals surface area contributed by atoms with Crippen LogP contribution >= 0.6 is 0 Å². The standard InChI is InChI=1S/C17H25NO2/c1-13(16(19)20)12-18(3)15-9-10-17(2,11-15)14-7-5-4-6-8-14/h4-8,13,15H,9-12H2,1-3H3,(H,19,20). The molecule has 3 heteroatoms. The van der Waals surface area contributed by atoms with Crippen LogP contribution in [0.25, 0.3) is 0 Å².